The predicted octanol–water partition coefficient (Wildman–Crippen LogP) is 6.24. The second-order valence-electron chi connectivity index (χ2n) is 8.82. The summed E-state index contributed by atoms with van der Waals surface area (Å²) in [5.74, 6) is 0.519. The number of H-pyrrole nitrogens is 1. The molecule has 1 aromatic heterocycles. The molecule has 0 saturated carbocycles. The van der Waals surface area contributed by atoms with Crippen LogP contribution in [0.5, 0.6) is 5.88 Å². The molecule has 1 aliphatic rings. The Morgan fingerprint density at radius 3 is 1.90 bits per heavy atom. The lowest BCUT2D eigenvalue weighted by atomic mass is 9.92. The van der Waals surface area contributed by atoms with Crippen molar-refractivity contribution in [2.75, 3.05) is 0 Å². The van der Waals surface area contributed by atoms with Crippen LogP contribution < -0.4 is 0 Å². The van der Waals surface area contributed by atoms with Crippen molar-refractivity contribution < 1.29 is 9.90 Å². The summed E-state index contributed by atoms with van der Waals surface area (Å²) in [4.78, 5) is 20.2. The highest BCUT2D eigenvalue weighted by atomic mass is 16.3. The third kappa shape index (κ3) is 3.17. The van der Waals surface area contributed by atoms with Gasteiger partial charge >= 0.3 is 0 Å². The minimum atomic E-state index is -0.317. The number of hydrogen-bond donors (Lipinski definition) is 2. The first kappa shape index (κ1) is 20.1. The quantitative estimate of drug-likeness (QED) is 0.544. The van der Waals surface area contributed by atoms with Gasteiger partial charge in [0.2, 0.25) is 0 Å². The number of nitrogens with zero attached hydrogens (tertiary/aromatic N) is 1. The van der Waals surface area contributed by atoms with Crippen LogP contribution in [-0.4, -0.2) is 21.7 Å². The fourth-order valence-corrected chi connectivity index (χ4v) is 4.52. The maximum Gasteiger partial charge on any atom is 0.280 e. The van der Waals surface area contributed by atoms with Crippen molar-refractivity contribution in [3.05, 3.63) is 75.3 Å². The summed E-state index contributed by atoms with van der Waals surface area (Å²) in [6.07, 6.45) is 0. The smallest absolute Gasteiger partial charge is 0.280 e. The molecule has 4 rings (SSSR count). The van der Waals surface area contributed by atoms with Gasteiger partial charge in [-0.2, -0.15) is 0 Å². The molecule has 1 aliphatic heterocycles. The van der Waals surface area contributed by atoms with Gasteiger partial charge in [0.25, 0.3) is 5.91 Å². The molecule has 1 amide bonds. The largest absolute Gasteiger partial charge is 0.494 e. The van der Waals surface area contributed by atoms with Crippen LogP contribution >= 0.6 is 0 Å². The number of benzene rings is 2. The molecule has 4 nitrogen and oxygen atoms in total. The van der Waals surface area contributed by atoms with Gasteiger partial charge in [0.05, 0.1) is 22.5 Å². The molecule has 2 aromatic carbocycles. The lowest BCUT2D eigenvalue weighted by Crippen LogP contribution is -2.02. The Bertz CT molecular complexity index is 1200. The molecule has 0 unspecified atom stereocenters. The highest BCUT2D eigenvalue weighted by Gasteiger charge is 2.33. The molecule has 0 aliphatic carbocycles. The standard InChI is InChI=1S/C26H28N2O2/c1-13(2)19-9-7-17(11-15(19)5)23-21-22(26(30)27-23)24(28-25(21)29)18-8-10-20(14(3)4)16(6)12-18/h7-14,27,30H,1-6H3. The van der Waals surface area contributed by atoms with Gasteiger partial charge in [0, 0.05) is 5.56 Å². The van der Waals surface area contributed by atoms with Crippen molar-refractivity contribution in [1.29, 1.82) is 0 Å². The normalized spacial score (nSPS) is 13.3. The SMILES string of the molecule is Cc1cc(C2=NC(=O)c3c(-c4ccc(C(C)C)c(C)c4)[nH]c(O)c32)ccc1C(C)C. The van der Waals surface area contributed by atoms with Gasteiger partial charge in [0.1, 0.15) is 0 Å². The number of aromatic amines is 1. The third-order valence-corrected chi connectivity index (χ3v) is 5.99. The van der Waals surface area contributed by atoms with Crippen molar-refractivity contribution in [3.8, 4) is 17.1 Å². The highest BCUT2D eigenvalue weighted by Crippen LogP contribution is 2.39. The summed E-state index contributed by atoms with van der Waals surface area (Å²) in [6, 6.07) is 12.3. The molecule has 0 saturated heterocycles. The molecule has 30 heavy (non-hydrogen) atoms. The number of hydrogen-bond acceptors (Lipinski definition) is 2. The number of aromatic nitrogens is 1. The lowest BCUT2D eigenvalue weighted by Gasteiger charge is -2.11. The average molecular weight is 401 g/mol. The number of amides is 1. The third-order valence-electron chi connectivity index (χ3n) is 5.99. The fourth-order valence-electron chi connectivity index (χ4n) is 4.52. The molecule has 0 atom stereocenters. The molecule has 154 valence electrons. The van der Waals surface area contributed by atoms with Crippen LogP contribution in [0.1, 0.15) is 83.3 Å². The summed E-state index contributed by atoms with van der Waals surface area (Å²) >= 11 is 0. The number of aliphatic imine (C=N–C) groups is 1. The van der Waals surface area contributed by atoms with E-state index in [-0.39, 0.29) is 11.8 Å². The number of carbonyl (C=O) groups excluding carboxylic acids is 1. The van der Waals surface area contributed by atoms with Crippen LogP contribution in [0.25, 0.3) is 11.3 Å². The number of carbonyl (C=O) groups is 1. The van der Waals surface area contributed by atoms with E-state index >= 15 is 0 Å². The fraction of sp³-hybridized carbons (Fsp3) is 0.308. The molecular formula is C26H28N2O2. The van der Waals surface area contributed by atoms with Gasteiger partial charge < -0.3 is 10.1 Å². The van der Waals surface area contributed by atoms with Gasteiger partial charge in [-0.25, -0.2) is 4.99 Å². The topological polar surface area (TPSA) is 65.5 Å². The predicted molar refractivity (Wildman–Crippen MR) is 122 cm³/mol. The molecule has 0 spiro atoms. The van der Waals surface area contributed by atoms with Gasteiger partial charge in [-0.05, 0) is 65.6 Å². The zero-order valence-electron chi connectivity index (χ0n) is 18.4. The maximum absolute atomic E-state index is 12.9. The van der Waals surface area contributed by atoms with E-state index in [0.29, 0.717) is 34.4 Å². The van der Waals surface area contributed by atoms with E-state index in [2.05, 4.69) is 69.7 Å². The summed E-state index contributed by atoms with van der Waals surface area (Å²) in [6.45, 7) is 12.8. The number of rotatable bonds is 4. The van der Waals surface area contributed by atoms with Crippen molar-refractivity contribution >= 4 is 11.6 Å². The monoisotopic (exact) mass is 400 g/mol. The minimum absolute atomic E-state index is 0.0132. The summed E-state index contributed by atoms with van der Waals surface area (Å²) in [5.41, 5.74) is 8.68. The maximum atomic E-state index is 12.9. The Balaban J connectivity index is 1.81. The van der Waals surface area contributed by atoms with Gasteiger partial charge in [-0.3, -0.25) is 4.79 Å². The Kier molecular flexibility index (Phi) is 4.89. The number of aromatic hydroxyl groups is 1. The molecule has 0 fully saturated rings. The number of nitrogens with one attached hydrogen (secondary N) is 1. The van der Waals surface area contributed by atoms with E-state index in [1.165, 1.54) is 11.1 Å². The molecule has 4 heteroatoms. The molecule has 2 heterocycles. The zero-order chi connectivity index (χ0) is 21.7. The van der Waals surface area contributed by atoms with E-state index in [1.54, 1.807) is 0 Å². The van der Waals surface area contributed by atoms with Crippen molar-refractivity contribution in [2.24, 2.45) is 4.99 Å². The summed E-state index contributed by atoms with van der Waals surface area (Å²) < 4.78 is 0. The van der Waals surface area contributed by atoms with Crippen molar-refractivity contribution in [2.45, 2.75) is 53.4 Å². The molecule has 3 aromatic rings. The van der Waals surface area contributed by atoms with E-state index in [0.717, 1.165) is 22.3 Å². The summed E-state index contributed by atoms with van der Waals surface area (Å²) in [7, 11) is 0. The Labute approximate surface area is 177 Å². The van der Waals surface area contributed by atoms with E-state index < -0.39 is 0 Å². The van der Waals surface area contributed by atoms with E-state index in [4.69, 9.17) is 0 Å². The van der Waals surface area contributed by atoms with Crippen molar-refractivity contribution in [1.82, 2.24) is 4.98 Å². The second kappa shape index (κ2) is 7.28. The van der Waals surface area contributed by atoms with Crippen LogP contribution in [0.15, 0.2) is 41.4 Å². The average Bonchev–Trinajstić information content (AvgIpc) is 3.19. The van der Waals surface area contributed by atoms with E-state index in [1.807, 2.05) is 18.2 Å². The van der Waals surface area contributed by atoms with Crippen LogP contribution in [0.4, 0.5) is 0 Å². The van der Waals surface area contributed by atoms with Crippen LogP contribution in [0.3, 0.4) is 0 Å². The van der Waals surface area contributed by atoms with Crippen molar-refractivity contribution in [3.63, 3.8) is 0 Å². The van der Waals surface area contributed by atoms with Gasteiger partial charge in [-0.1, -0.05) is 52.0 Å². The highest BCUT2D eigenvalue weighted by molar-refractivity contribution is 6.30. The molecular weight excluding hydrogens is 372 g/mol. The number of fused-ring (bicyclic) bond motifs is 1. The summed E-state index contributed by atoms with van der Waals surface area (Å²) in [5, 5.41) is 10.7. The molecule has 0 radical (unpaired) electrons. The van der Waals surface area contributed by atoms with Crippen LogP contribution in [-0.2, 0) is 0 Å². The van der Waals surface area contributed by atoms with Crippen LogP contribution in [0.2, 0.25) is 0 Å². The zero-order valence-corrected chi connectivity index (χ0v) is 18.4. The van der Waals surface area contributed by atoms with E-state index in [9.17, 15) is 9.90 Å². The second-order valence-corrected chi connectivity index (χ2v) is 8.82. The Morgan fingerprint density at radius 1 is 0.833 bits per heavy atom. The minimum Gasteiger partial charge on any atom is -0.494 e. The Hall–Kier alpha value is -3.14. The van der Waals surface area contributed by atoms with Crippen LogP contribution in [0, 0.1) is 13.8 Å². The Morgan fingerprint density at radius 2 is 1.37 bits per heavy atom. The van der Waals surface area contributed by atoms with Gasteiger partial charge in [-0.15, -0.1) is 0 Å². The first-order valence-corrected chi connectivity index (χ1v) is 10.5. The molecule has 2 N–H and O–H groups in total. The first-order valence-electron chi connectivity index (χ1n) is 10.5. The van der Waals surface area contributed by atoms with Gasteiger partial charge in [0.15, 0.2) is 5.88 Å². The molecule has 0 bridgehead atoms. The number of aryl methyl sites for hydroxylation is 2. The first-order chi connectivity index (χ1) is 14.2. The lowest BCUT2D eigenvalue weighted by molar-refractivity contribution is 0.101.